The van der Waals surface area contributed by atoms with Gasteiger partial charge in [-0.25, -0.2) is 4.98 Å². The van der Waals surface area contributed by atoms with Crippen LogP contribution in [-0.4, -0.2) is 4.98 Å². The summed E-state index contributed by atoms with van der Waals surface area (Å²) >= 11 is 5.90. The molecule has 0 saturated heterocycles. The van der Waals surface area contributed by atoms with Crippen molar-refractivity contribution in [2.24, 2.45) is 0 Å². The van der Waals surface area contributed by atoms with E-state index in [4.69, 9.17) is 4.98 Å². The number of nitrogens with zero attached hydrogens (tertiary/aromatic N) is 1. The van der Waals surface area contributed by atoms with Crippen LogP contribution in [0.25, 0.3) is 33.6 Å². The highest BCUT2D eigenvalue weighted by Crippen LogP contribution is 2.31. The van der Waals surface area contributed by atoms with Gasteiger partial charge in [-0.05, 0) is 70.1 Å². The van der Waals surface area contributed by atoms with E-state index in [9.17, 15) is 0 Å². The zero-order chi connectivity index (χ0) is 17.9. The second-order valence-corrected chi connectivity index (χ2v) is 8.17. The second-order valence-electron chi connectivity index (χ2n) is 6.01. The molecular formula is C23H15BrIN. The van der Waals surface area contributed by atoms with Crippen LogP contribution in [0.15, 0.2) is 95.5 Å². The van der Waals surface area contributed by atoms with E-state index < -0.39 is 0 Å². The molecule has 4 aromatic rings. The summed E-state index contributed by atoms with van der Waals surface area (Å²) < 4.78 is 2.29. The third kappa shape index (κ3) is 3.89. The molecule has 0 saturated carbocycles. The first-order valence-corrected chi connectivity index (χ1v) is 10.2. The van der Waals surface area contributed by atoms with Gasteiger partial charge in [0.05, 0.1) is 11.4 Å². The Labute approximate surface area is 175 Å². The van der Waals surface area contributed by atoms with Crippen LogP contribution in [0.3, 0.4) is 0 Å². The van der Waals surface area contributed by atoms with Crippen molar-refractivity contribution < 1.29 is 0 Å². The number of halogens is 2. The summed E-state index contributed by atoms with van der Waals surface area (Å²) in [5.74, 6) is 0. The maximum atomic E-state index is 4.94. The number of hydrogen-bond acceptors (Lipinski definition) is 1. The van der Waals surface area contributed by atoms with Crippen molar-refractivity contribution >= 4 is 38.5 Å². The van der Waals surface area contributed by atoms with E-state index in [2.05, 4.69) is 105 Å². The Kier molecular flexibility index (Phi) is 5.18. The Hall–Kier alpha value is -1.98. The lowest BCUT2D eigenvalue weighted by molar-refractivity contribution is 1.32. The van der Waals surface area contributed by atoms with Crippen molar-refractivity contribution in [1.29, 1.82) is 0 Å². The Morgan fingerprint density at radius 2 is 1.19 bits per heavy atom. The molecule has 3 heteroatoms. The zero-order valence-electron chi connectivity index (χ0n) is 13.9. The molecule has 0 unspecified atom stereocenters. The van der Waals surface area contributed by atoms with Gasteiger partial charge in [-0.1, -0.05) is 70.5 Å². The van der Waals surface area contributed by atoms with Gasteiger partial charge < -0.3 is 0 Å². The lowest BCUT2D eigenvalue weighted by atomic mass is 10.00. The molecule has 0 amide bonds. The molecule has 1 aromatic heterocycles. The molecule has 3 aromatic carbocycles. The van der Waals surface area contributed by atoms with Crippen LogP contribution in [-0.2, 0) is 0 Å². The summed E-state index contributed by atoms with van der Waals surface area (Å²) in [6.07, 6.45) is 0. The van der Waals surface area contributed by atoms with Crippen LogP contribution in [0.4, 0.5) is 0 Å². The number of hydrogen-bond donors (Lipinski definition) is 0. The van der Waals surface area contributed by atoms with E-state index in [0.29, 0.717) is 0 Å². The summed E-state index contributed by atoms with van der Waals surface area (Å²) in [5.41, 5.74) is 6.55. The van der Waals surface area contributed by atoms with Crippen LogP contribution in [0.1, 0.15) is 0 Å². The quantitative estimate of drug-likeness (QED) is 0.260. The fourth-order valence-corrected chi connectivity index (χ4v) is 3.65. The summed E-state index contributed by atoms with van der Waals surface area (Å²) in [6.45, 7) is 0. The molecule has 0 fully saturated rings. The first-order chi connectivity index (χ1) is 12.7. The minimum absolute atomic E-state index is 0.983. The van der Waals surface area contributed by atoms with Gasteiger partial charge in [-0.2, -0.15) is 0 Å². The average molecular weight is 512 g/mol. The zero-order valence-corrected chi connectivity index (χ0v) is 17.6. The van der Waals surface area contributed by atoms with Gasteiger partial charge in [0.25, 0.3) is 0 Å². The molecule has 26 heavy (non-hydrogen) atoms. The van der Waals surface area contributed by atoms with Gasteiger partial charge in [0.1, 0.15) is 0 Å². The third-order valence-electron chi connectivity index (χ3n) is 4.19. The van der Waals surface area contributed by atoms with Gasteiger partial charge in [0.2, 0.25) is 0 Å². The largest absolute Gasteiger partial charge is 0.248 e. The van der Waals surface area contributed by atoms with Crippen molar-refractivity contribution in [3.05, 3.63) is 99.0 Å². The molecule has 0 aliphatic carbocycles. The molecule has 0 bridgehead atoms. The standard InChI is InChI=1S/C23H15BrIN/c24-20-8-4-7-18(13-20)19-14-22(16-5-2-1-3-6-16)26-23(15-19)17-9-11-21(25)12-10-17/h1-15H. The lowest BCUT2D eigenvalue weighted by Gasteiger charge is -2.10. The molecule has 0 atom stereocenters. The van der Waals surface area contributed by atoms with Crippen molar-refractivity contribution in [3.63, 3.8) is 0 Å². The monoisotopic (exact) mass is 511 g/mol. The number of aromatic nitrogens is 1. The predicted molar refractivity (Wildman–Crippen MR) is 121 cm³/mol. The minimum atomic E-state index is 0.983. The topological polar surface area (TPSA) is 12.9 Å². The Morgan fingerprint density at radius 1 is 0.577 bits per heavy atom. The summed E-state index contributed by atoms with van der Waals surface area (Å²) in [7, 11) is 0. The maximum Gasteiger partial charge on any atom is 0.0715 e. The summed E-state index contributed by atoms with van der Waals surface area (Å²) in [4.78, 5) is 4.94. The summed E-state index contributed by atoms with van der Waals surface area (Å²) in [5, 5.41) is 0. The van der Waals surface area contributed by atoms with Crippen LogP contribution in [0.2, 0.25) is 0 Å². The van der Waals surface area contributed by atoms with Crippen LogP contribution in [0.5, 0.6) is 0 Å². The molecular weight excluding hydrogens is 497 g/mol. The van der Waals surface area contributed by atoms with Crippen molar-refractivity contribution in [2.75, 3.05) is 0 Å². The molecule has 1 nitrogen and oxygen atoms in total. The fraction of sp³-hybridized carbons (Fsp3) is 0. The minimum Gasteiger partial charge on any atom is -0.248 e. The van der Waals surface area contributed by atoms with E-state index in [-0.39, 0.29) is 0 Å². The maximum absolute atomic E-state index is 4.94. The van der Waals surface area contributed by atoms with E-state index in [1.807, 2.05) is 24.3 Å². The number of rotatable bonds is 3. The molecule has 0 spiro atoms. The average Bonchev–Trinajstić information content (AvgIpc) is 2.69. The molecule has 126 valence electrons. The highest BCUT2D eigenvalue weighted by atomic mass is 127. The van der Waals surface area contributed by atoms with Crippen molar-refractivity contribution in [3.8, 4) is 33.6 Å². The SMILES string of the molecule is Brc1cccc(-c2cc(-c3ccccc3)nc(-c3ccc(I)cc3)c2)c1. The smallest absolute Gasteiger partial charge is 0.0715 e. The van der Waals surface area contributed by atoms with Gasteiger partial charge in [0, 0.05) is 19.2 Å². The predicted octanol–water partition coefficient (Wildman–Crippen LogP) is 7.45. The number of benzene rings is 3. The van der Waals surface area contributed by atoms with Gasteiger partial charge in [-0.15, -0.1) is 0 Å². The highest BCUT2D eigenvalue weighted by molar-refractivity contribution is 14.1. The normalized spacial score (nSPS) is 10.7. The second kappa shape index (κ2) is 7.72. The Bertz CT molecular complexity index is 1040. The molecule has 4 rings (SSSR count). The summed E-state index contributed by atoms with van der Waals surface area (Å²) in [6, 6.07) is 31.5. The van der Waals surface area contributed by atoms with E-state index in [1.54, 1.807) is 0 Å². The van der Waals surface area contributed by atoms with Crippen LogP contribution in [0, 0.1) is 3.57 Å². The van der Waals surface area contributed by atoms with E-state index >= 15 is 0 Å². The van der Waals surface area contributed by atoms with Crippen molar-refractivity contribution in [1.82, 2.24) is 4.98 Å². The molecule has 1 heterocycles. The van der Waals surface area contributed by atoms with Crippen LogP contribution < -0.4 is 0 Å². The first kappa shape index (κ1) is 17.4. The van der Waals surface area contributed by atoms with Crippen LogP contribution >= 0.6 is 38.5 Å². The third-order valence-corrected chi connectivity index (χ3v) is 5.41. The lowest BCUT2D eigenvalue weighted by Crippen LogP contribution is -1.91. The molecule has 0 N–H and O–H groups in total. The van der Waals surface area contributed by atoms with Gasteiger partial charge in [0.15, 0.2) is 0 Å². The van der Waals surface area contributed by atoms with E-state index in [0.717, 1.165) is 32.6 Å². The van der Waals surface area contributed by atoms with Gasteiger partial charge in [-0.3, -0.25) is 0 Å². The molecule has 0 aliphatic rings. The fourth-order valence-electron chi connectivity index (χ4n) is 2.89. The molecule has 0 radical (unpaired) electrons. The highest BCUT2D eigenvalue weighted by Gasteiger charge is 2.09. The van der Waals surface area contributed by atoms with Gasteiger partial charge >= 0.3 is 0 Å². The van der Waals surface area contributed by atoms with Crippen molar-refractivity contribution in [2.45, 2.75) is 0 Å². The number of pyridine rings is 1. The van der Waals surface area contributed by atoms with E-state index in [1.165, 1.54) is 9.13 Å². The Balaban J connectivity index is 1.91. The molecule has 0 aliphatic heterocycles. The first-order valence-electron chi connectivity index (χ1n) is 8.28. The Morgan fingerprint density at radius 3 is 1.85 bits per heavy atom.